The van der Waals surface area contributed by atoms with Gasteiger partial charge in [0.2, 0.25) is 5.82 Å². The number of ether oxygens (including phenoxy) is 1. The van der Waals surface area contributed by atoms with E-state index in [1.807, 2.05) is 13.8 Å². The Morgan fingerprint density at radius 1 is 1.46 bits per heavy atom. The first-order valence-electron chi connectivity index (χ1n) is 4.21. The van der Waals surface area contributed by atoms with Crippen molar-refractivity contribution in [3.05, 3.63) is 24.0 Å². The molecule has 3 heteroatoms. The van der Waals surface area contributed by atoms with E-state index in [9.17, 15) is 4.39 Å². The van der Waals surface area contributed by atoms with Crippen LogP contribution in [0.2, 0.25) is 0 Å². The van der Waals surface area contributed by atoms with E-state index >= 15 is 0 Å². The maximum Gasteiger partial charge on any atom is 0.206 e. The standard InChI is InChI=1S/C10H13FO2/c1-7(2)6-13-9-5-3-4-8(12)10(9)11/h3-5,7,12H,6H2,1-2H3. The summed E-state index contributed by atoms with van der Waals surface area (Å²) in [5.74, 6) is -0.625. The van der Waals surface area contributed by atoms with Crippen LogP contribution in [-0.4, -0.2) is 11.7 Å². The van der Waals surface area contributed by atoms with E-state index in [0.717, 1.165) is 0 Å². The summed E-state index contributed by atoms with van der Waals surface area (Å²) in [5.41, 5.74) is 0. The van der Waals surface area contributed by atoms with Crippen molar-refractivity contribution in [3.63, 3.8) is 0 Å². The van der Waals surface area contributed by atoms with Gasteiger partial charge in [0.15, 0.2) is 11.5 Å². The highest BCUT2D eigenvalue weighted by molar-refractivity contribution is 5.34. The van der Waals surface area contributed by atoms with Gasteiger partial charge in [0.05, 0.1) is 6.61 Å². The number of benzene rings is 1. The molecule has 1 N–H and O–H groups in total. The third-order valence-corrected chi connectivity index (χ3v) is 1.52. The third kappa shape index (κ3) is 2.61. The molecule has 72 valence electrons. The first-order chi connectivity index (χ1) is 6.11. The smallest absolute Gasteiger partial charge is 0.206 e. The Morgan fingerprint density at radius 2 is 2.15 bits per heavy atom. The summed E-state index contributed by atoms with van der Waals surface area (Å²) in [5, 5.41) is 9.01. The molecule has 0 aliphatic carbocycles. The Bertz CT molecular complexity index is 284. The maximum absolute atomic E-state index is 13.1. The first kappa shape index (κ1) is 9.84. The molecule has 0 fully saturated rings. The Morgan fingerprint density at radius 3 is 2.77 bits per heavy atom. The predicted octanol–water partition coefficient (Wildman–Crippen LogP) is 2.57. The summed E-state index contributed by atoms with van der Waals surface area (Å²) < 4.78 is 18.2. The van der Waals surface area contributed by atoms with E-state index in [1.54, 1.807) is 6.07 Å². The minimum Gasteiger partial charge on any atom is -0.505 e. The van der Waals surface area contributed by atoms with Crippen molar-refractivity contribution in [2.75, 3.05) is 6.61 Å². The third-order valence-electron chi connectivity index (χ3n) is 1.52. The van der Waals surface area contributed by atoms with E-state index < -0.39 is 5.82 Å². The van der Waals surface area contributed by atoms with Gasteiger partial charge in [-0.25, -0.2) is 0 Å². The van der Waals surface area contributed by atoms with Gasteiger partial charge >= 0.3 is 0 Å². The molecule has 0 unspecified atom stereocenters. The lowest BCUT2D eigenvalue weighted by Gasteiger charge is -2.09. The van der Waals surface area contributed by atoms with Crippen molar-refractivity contribution in [1.82, 2.24) is 0 Å². The average molecular weight is 184 g/mol. The van der Waals surface area contributed by atoms with Crippen LogP contribution in [0, 0.1) is 11.7 Å². The van der Waals surface area contributed by atoms with Crippen molar-refractivity contribution < 1.29 is 14.2 Å². The largest absolute Gasteiger partial charge is 0.505 e. The van der Waals surface area contributed by atoms with Crippen molar-refractivity contribution in [3.8, 4) is 11.5 Å². The van der Waals surface area contributed by atoms with Crippen molar-refractivity contribution in [2.45, 2.75) is 13.8 Å². The molecule has 13 heavy (non-hydrogen) atoms. The molecular formula is C10H13FO2. The summed E-state index contributed by atoms with van der Waals surface area (Å²) in [6.07, 6.45) is 0. The van der Waals surface area contributed by atoms with Crippen molar-refractivity contribution in [1.29, 1.82) is 0 Å². The zero-order valence-electron chi connectivity index (χ0n) is 7.75. The van der Waals surface area contributed by atoms with E-state index in [4.69, 9.17) is 9.84 Å². The van der Waals surface area contributed by atoms with Gasteiger partial charge in [-0.1, -0.05) is 19.9 Å². The molecule has 1 rings (SSSR count). The Balaban J connectivity index is 2.71. The Labute approximate surface area is 77.0 Å². The highest BCUT2D eigenvalue weighted by Gasteiger charge is 2.07. The summed E-state index contributed by atoms with van der Waals surface area (Å²) in [6, 6.07) is 4.34. The van der Waals surface area contributed by atoms with Crippen molar-refractivity contribution >= 4 is 0 Å². The van der Waals surface area contributed by atoms with Crippen LogP contribution in [-0.2, 0) is 0 Å². The zero-order chi connectivity index (χ0) is 9.84. The highest BCUT2D eigenvalue weighted by Crippen LogP contribution is 2.25. The van der Waals surface area contributed by atoms with E-state index in [2.05, 4.69) is 0 Å². The number of halogens is 1. The second kappa shape index (κ2) is 4.12. The van der Waals surface area contributed by atoms with Crippen LogP contribution in [0.25, 0.3) is 0 Å². The van der Waals surface area contributed by atoms with Gasteiger partial charge in [-0.15, -0.1) is 0 Å². The van der Waals surface area contributed by atoms with Gasteiger partial charge < -0.3 is 9.84 Å². The molecule has 2 nitrogen and oxygen atoms in total. The minimum atomic E-state index is -0.692. The number of phenols is 1. The van der Waals surface area contributed by atoms with Crippen LogP contribution < -0.4 is 4.74 Å². The number of rotatable bonds is 3. The molecular weight excluding hydrogens is 171 g/mol. The molecule has 0 atom stereocenters. The second-order valence-corrected chi connectivity index (χ2v) is 3.29. The monoisotopic (exact) mass is 184 g/mol. The molecule has 0 aliphatic rings. The van der Waals surface area contributed by atoms with E-state index in [-0.39, 0.29) is 11.5 Å². The van der Waals surface area contributed by atoms with Crippen LogP contribution in [0.1, 0.15) is 13.8 Å². The SMILES string of the molecule is CC(C)COc1cccc(O)c1F. The molecule has 0 heterocycles. The Hall–Kier alpha value is -1.25. The van der Waals surface area contributed by atoms with Crippen LogP contribution >= 0.6 is 0 Å². The van der Waals surface area contributed by atoms with Crippen LogP contribution in [0.3, 0.4) is 0 Å². The molecule has 0 saturated heterocycles. The lowest BCUT2D eigenvalue weighted by Crippen LogP contribution is -2.05. The molecule has 0 spiro atoms. The van der Waals surface area contributed by atoms with Crippen LogP contribution in [0.15, 0.2) is 18.2 Å². The summed E-state index contributed by atoms with van der Waals surface area (Å²) in [4.78, 5) is 0. The second-order valence-electron chi connectivity index (χ2n) is 3.29. The molecule has 0 radical (unpaired) electrons. The number of hydrogen-bond donors (Lipinski definition) is 1. The highest BCUT2D eigenvalue weighted by atomic mass is 19.1. The van der Waals surface area contributed by atoms with E-state index in [1.165, 1.54) is 12.1 Å². The normalized spacial score (nSPS) is 10.5. The molecule has 0 amide bonds. The summed E-state index contributed by atoms with van der Waals surface area (Å²) >= 11 is 0. The van der Waals surface area contributed by atoms with Gasteiger partial charge in [0.1, 0.15) is 0 Å². The minimum absolute atomic E-state index is 0.105. The average Bonchev–Trinajstić information content (AvgIpc) is 2.07. The molecule has 0 aliphatic heterocycles. The van der Waals surface area contributed by atoms with E-state index in [0.29, 0.717) is 12.5 Å². The molecule has 0 saturated carbocycles. The number of hydrogen-bond acceptors (Lipinski definition) is 2. The lowest BCUT2D eigenvalue weighted by atomic mass is 10.2. The van der Waals surface area contributed by atoms with Crippen molar-refractivity contribution in [2.24, 2.45) is 5.92 Å². The Kier molecular flexibility index (Phi) is 3.12. The number of aromatic hydroxyl groups is 1. The van der Waals surface area contributed by atoms with Gasteiger partial charge in [-0.3, -0.25) is 0 Å². The topological polar surface area (TPSA) is 29.5 Å². The fourth-order valence-corrected chi connectivity index (χ4v) is 0.867. The fraction of sp³-hybridized carbons (Fsp3) is 0.400. The predicted molar refractivity (Wildman–Crippen MR) is 48.4 cm³/mol. The van der Waals surface area contributed by atoms with Gasteiger partial charge in [0, 0.05) is 0 Å². The maximum atomic E-state index is 13.1. The molecule has 0 aromatic heterocycles. The molecule has 1 aromatic rings. The van der Waals surface area contributed by atoms with Gasteiger partial charge in [-0.2, -0.15) is 4.39 Å². The molecule has 0 bridgehead atoms. The first-order valence-corrected chi connectivity index (χ1v) is 4.21. The van der Waals surface area contributed by atoms with Crippen LogP contribution in [0.5, 0.6) is 11.5 Å². The van der Waals surface area contributed by atoms with Crippen LogP contribution in [0.4, 0.5) is 4.39 Å². The summed E-state index contributed by atoms with van der Waals surface area (Å²) in [7, 11) is 0. The fourth-order valence-electron chi connectivity index (χ4n) is 0.867. The lowest BCUT2D eigenvalue weighted by molar-refractivity contribution is 0.255. The zero-order valence-corrected chi connectivity index (χ0v) is 7.75. The molecule has 1 aromatic carbocycles. The number of phenolic OH excluding ortho intramolecular Hbond substituents is 1. The van der Waals surface area contributed by atoms with Gasteiger partial charge in [0.25, 0.3) is 0 Å². The quantitative estimate of drug-likeness (QED) is 0.782. The van der Waals surface area contributed by atoms with Gasteiger partial charge in [-0.05, 0) is 18.1 Å². The summed E-state index contributed by atoms with van der Waals surface area (Å²) in [6.45, 7) is 4.39.